The van der Waals surface area contributed by atoms with Gasteiger partial charge in [-0.25, -0.2) is 0 Å². The molecule has 0 radical (unpaired) electrons. The maximum Gasteiger partial charge on any atom is 0.107 e. The van der Waals surface area contributed by atoms with Crippen LogP contribution >= 0.6 is 12.2 Å². The maximum absolute atomic E-state index is 5.77. The van der Waals surface area contributed by atoms with Crippen molar-refractivity contribution in [2.45, 2.75) is 33.6 Å². The molecule has 1 saturated carbocycles. The minimum atomic E-state index is 0.415. The number of rotatable bonds is 4. The van der Waals surface area contributed by atoms with Crippen molar-refractivity contribution in [2.75, 3.05) is 11.9 Å². The summed E-state index contributed by atoms with van der Waals surface area (Å²) in [6, 6.07) is 2.02. The number of nitrogens with zero attached hydrogens (tertiary/aromatic N) is 1. The first-order valence-corrected chi connectivity index (χ1v) is 6.34. The van der Waals surface area contributed by atoms with Crippen molar-refractivity contribution in [3.63, 3.8) is 0 Å². The van der Waals surface area contributed by atoms with Crippen LogP contribution in [0.5, 0.6) is 0 Å². The third-order valence-electron chi connectivity index (χ3n) is 3.38. The van der Waals surface area contributed by atoms with E-state index in [4.69, 9.17) is 18.0 Å². The highest BCUT2D eigenvalue weighted by Crippen LogP contribution is 2.44. The summed E-state index contributed by atoms with van der Waals surface area (Å²) in [6.07, 6.45) is 2.59. The molecule has 0 atom stereocenters. The second kappa shape index (κ2) is 4.26. The van der Waals surface area contributed by atoms with Crippen molar-refractivity contribution in [1.29, 1.82) is 0 Å². The van der Waals surface area contributed by atoms with Gasteiger partial charge in [0.1, 0.15) is 4.99 Å². The van der Waals surface area contributed by atoms with Gasteiger partial charge in [-0.2, -0.15) is 0 Å². The van der Waals surface area contributed by atoms with Crippen molar-refractivity contribution in [2.24, 2.45) is 11.1 Å². The predicted octanol–water partition coefficient (Wildman–Crippen LogP) is 2.54. The van der Waals surface area contributed by atoms with E-state index >= 15 is 0 Å². The van der Waals surface area contributed by atoms with E-state index in [1.807, 2.05) is 19.9 Å². The van der Waals surface area contributed by atoms with Crippen molar-refractivity contribution in [3.8, 4) is 0 Å². The van der Waals surface area contributed by atoms with Gasteiger partial charge in [0.25, 0.3) is 0 Å². The lowest BCUT2D eigenvalue weighted by atomic mass is 10.1. The number of anilines is 1. The molecule has 0 spiro atoms. The molecule has 3 nitrogen and oxygen atoms in total. The molecule has 0 amide bonds. The van der Waals surface area contributed by atoms with E-state index in [0.717, 1.165) is 29.2 Å². The Hall–Kier alpha value is -1.16. The average Bonchev–Trinajstić information content (AvgIpc) is 2.92. The summed E-state index contributed by atoms with van der Waals surface area (Å²) in [5, 5.41) is 3.47. The summed E-state index contributed by atoms with van der Waals surface area (Å²) in [7, 11) is 0. The number of aryl methyl sites for hydroxylation is 2. The van der Waals surface area contributed by atoms with Gasteiger partial charge in [-0.3, -0.25) is 4.98 Å². The molecule has 0 saturated heterocycles. The van der Waals surface area contributed by atoms with Crippen molar-refractivity contribution < 1.29 is 0 Å². The standard InChI is InChI=1S/C13H19N3S/c1-8-6-10(15-7-13(3)4-5-13)11(12(14)17)9(2)16-8/h6H,4-5,7H2,1-3H3,(H2,14,17)(H,15,16). The molecule has 1 aliphatic rings. The van der Waals surface area contributed by atoms with Crippen LogP contribution in [-0.4, -0.2) is 16.5 Å². The summed E-state index contributed by atoms with van der Waals surface area (Å²) < 4.78 is 0. The van der Waals surface area contributed by atoms with Crippen LogP contribution in [-0.2, 0) is 0 Å². The normalized spacial score (nSPS) is 16.6. The summed E-state index contributed by atoms with van der Waals surface area (Å²) in [6.45, 7) is 7.21. The lowest BCUT2D eigenvalue weighted by Gasteiger charge is -2.16. The molecule has 1 aromatic heterocycles. The second-order valence-corrected chi connectivity index (χ2v) is 5.74. The van der Waals surface area contributed by atoms with E-state index in [-0.39, 0.29) is 0 Å². The highest BCUT2D eigenvalue weighted by molar-refractivity contribution is 7.80. The van der Waals surface area contributed by atoms with Crippen LogP contribution in [0.4, 0.5) is 5.69 Å². The number of aromatic nitrogens is 1. The van der Waals surface area contributed by atoms with Crippen LogP contribution in [0.2, 0.25) is 0 Å². The number of hydrogen-bond acceptors (Lipinski definition) is 3. The first-order chi connectivity index (χ1) is 7.91. The van der Waals surface area contributed by atoms with Gasteiger partial charge in [0.2, 0.25) is 0 Å². The number of nitrogens with one attached hydrogen (secondary N) is 1. The molecule has 0 aliphatic heterocycles. The highest BCUT2D eigenvalue weighted by atomic mass is 32.1. The minimum Gasteiger partial charge on any atom is -0.389 e. The Morgan fingerprint density at radius 3 is 2.71 bits per heavy atom. The molecule has 1 aromatic rings. The molecule has 3 N–H and O–H groups in total. The molecule has 0 bridgehead atoms. The fourth-order valence-electron chi connectivity index (χ4n) is 1.98. The van der Waals surface area contributed by atoms with Crippen molar-refractivity contribution in [1.82, 2.24) is 4.98 Å². The molecule has 92 valence electrons. The Kier molecular flexibility index (Phi) is 3.08. The first-order valence-electron chi connectivity index (χ1n) is 5.93. The monoisotopic (exact) mass is 249 g/mol. The smallest absolute Gasteiger partial charge is 0.107 e. The Morgan fingerprint density at radius 1 is 1.53 bits per heavy atom. The minimum absolute atomic E-state index is 0.415. The average molecular weight is 249 g/mol. The van der Waals surface area contributed by atoms with Gasteiger partial charge in [-0.1, -0.05) is 19.1 Å². The molecule has 0 aromatic carbocycles. The highest BCUT2D eigenvalue weighted by Gasteiger charge is 2.36. The number of thiocarbonyl (C=S) groups is 1. The van der Waals surface area contributed by atoms with E-state index in [9.17, 15) is 0 Å². The van der Waals surface area contributed by atoms with E-state index in [2.05, 4.69) is 17.2 Å². The molecular weight excluding hydrogens is 230 g/mol. The van der Waals surface area contributed by atoms with Crippen molar-refractivity contribution in [3.05, 3.63) is 23.0 Å². The van der Waals surface area contributed by atoms with Gasteiger partial charge < -0.3 is 11.1 Å². The van der Waals surface area contributed by atoms with Gasteiger partial charge in [-0.05, 0) is 38.2 Å². The fourth-order valence-corrected chi connectivity index (χ4v) is 2.24. The zero-order valence-corrected chi connectivity index (χ0v) is 11.4. The molecule has 2 rings (SSSR count). The lowest BCUT2D eigenvalue weighted by molar-refractivity contribution is 0.610. The third-order valence-corrected chi connectivity index (χ3v) is 3.59. The van der Waals surface area contributed by atoms with E-state index in [1.54, 1.807) is 0 Å². The molecule has 1 heterocycles. The van der Waals surface area contributed by atoms with Gasteiger partial charge in [-0.15, -0.1) is 0 Å². The van der Waals surface area contributed by atoms with Gasteiger partial charge >= 0.3 is 0 Å². The van der Waals surface area contributed by atoms with Crippen LogP contribution in [0.1, 0.15) is 36.7 Å². The molecule has 1 fully saturated rings. The second-order valence-electron chi connectivity index (χ2n) is 5.30. The van der Waals surface area contributed by atoms with Crippen molar-refractivity contribution >= 4 is 22.9 Å². The maximum atomic E-state index is 5.77. The van der Waals surface area contributed by atoms with Crippen LogP contribution in [0.3, 0.4) is 0 Å². The molecular formula is C13H19N3S. The van der Waals surface area contributed by atoms with E-state index in [1.165, 1.54) is 12.8 Å². The number of pyridine rings is 1. The van der Waals surface area contributed by atoms with Crippen LogP contribution in [0.25, 0.3) is 0 Å². The topological polar surface area (TPSA) is 50.9 Å². The Labute approximate surface area is 108 Å². The zero-order chi connectivity index (χ0) is 12.6. The van der Waals surface area contributed by atoms with Crippen LogP contribution in [0.15, 0.2) is 6.07 Å². The molecule has 4 heteroatoms. The fraction of sp³-hybridized carbons (Fsp3) is 0.538. The lowest BCUT2D eigenvalue weighted by Crippen LogP contribution is -2.19. The van der Waals surface area contributed by atoms with Crippen LogP contribution in [0, 0.1) is 19.3 Å². The quantitative estimate of drug-likeness (QED) is 0.805. The van der Waals surface area contributed by atoms with Gasteiger partial charge in [0.15, 0.2) is 0 Å². The van der Waals surface area contributed by atoms with Gasteiger partial charge in [0, 0.05) is 23.6 Å². The molecule has 1 aliphatic carbocycles. The summed E-state index contributed by atoms with van der Waals surface area (Å²) in [5.41, 5.74) is 10.0. The largest absolute Gasteiger partial charge is 0.389 e. The Morgan fingerprint density at radius 2 is 2.18 bits per heavy atom. The zero-order valence-electron chi connectivity index (χ0n) is 10.6. The summed E-state index contributed by atoms with van der Waals surface area (Å²) in [5.74, 6) is 0. The third kappa shape index (κ3) is 2.75. The SMILES string of the molecule is Cc1cc(NCC2(C)CC2)c(C(N)=S)c(C)n1. The Bertz CT molecular complexity index is 464. The number of hydrogen-bond donors (Lipinski definition) is 2. The predicted molar refractivity (Wildman–Crippen MR) is 75.4 cm³/mol. The molecule has 0 unspecified atom stereocenters. The van der Waals surface area contributed by atoms with E-state index in [0.29, 0.717) is 10.4 Å². The molecule has 17 heavy (non-hydrogen) atoms. The number of nitrogens with two attached hydrogens (primary N) is 1. The summed E-state index contributed by atoms with van der Waals surface area (Å²) >= 11 is 5.10. The van der Waals surface area contributed by atoms with Crippen LogP contribution < -0.4 is 11.1 Å². The van der Waals surface area contributed by atoms with Gasteiger partial charge in [0.05, 0.1) is 5.56 Å². The Balaban J connectivity index is 2.26. The van der Waals surface area contributed by atoms with E-state index < -0.39 is 0 Å². The summed E-state index contributed by atoms with van der Waals surface area (Å²) in [4.78, 5) is 4.82. The first kappa shape index (κ1) is 12.3.